The van der Waals surface area contributed by atoms with Crippen molar-refractivity contribution >= 4 is 34.8 Å². The molecule has 1 atom stereocenters. The fourth-order valence-corrected chi connectivity index (χ4v) is 3.52. The number of aromatic nitrogens is 1. The van der Waals surface area contributed by atoms with Crippen molar-refractivity contribution in [2.24, 2.45) is 5.73 Å². The van der Waals surface area contributed by atoms with Gasteiger partial charge in [-0.1, -0.05) is 12.2 Å². The lowest BCUT2D eigenvalue weighted by molar-refractivity contribution is 0.633. The molecule has 0 aromatic carbocycles. The van der Waals surface area contributed by atoms with E-state index in [-0.39, 0.29) is 0 Å². The normalized spacial score (nSPS) is 23.0. The molecule has 3 nitrogen and oxygen atoms in total. The Kier molecular flexibility index (Phi) is 4.12. The Morgan fingerprint density at radius 2 is 2.39 bits per heavy atom. The molecule has 0 bridgehead atoms. The van der Waals surface area contributed by atoms with Crippen LogP contribution in [0.4, 0.5) is 5.82 Å². The summed E-state index contributed by atoms with van der Waals surface area (Å²) in [5.41, 5.74) is 7.48. The van der Waals surface area contributed by atoms with Crippen LogP contribution < -0.4 is 11.1 Å². The average Bonchev–Trinajstić information content (AvgIpc) is 2.73. The van der Waals surface area contributed by atoms with Crippen LogP contribution in [0, 0.1) is 6.92 Å². The zero-order chi connectivity index (χ0) is 13.2. The van der Waals surface area contributed by atoms with E-state index < -0.39 is 0 Å². The van der Waals surface area contributed by atoms with E-state index in [1.165, 1.54) is 18.6 Å². The second kappa shape index (κ2) is 5.45. The summed E-state index contributed by atoms with van der Waals surface area (Å²) in [6.07, 6.45) is 2.57. The first-order valence-corrected chi connectivity index (χ1v) is 7.54. The molecule has 1 fully saturated rings. The molecule has 2 heterocycles. The van der Waals surface area contributed by atoms with Crippen molar-refractivity contribution in [3.05, 3.63) is 23.4 Å². The highest BCUT2D eigenvalue weighted by atomic mass is 32.2. The van der Waals surface area contributed by atoms with Gasteiger partial charge in [0.15, 0.2) is 0 Å². The van der Waals surface area contributed by atoms with Gasteiger partial charge in [0.2, 0.25) is 0 Å². The van der Waals surface area contributed by atoms with E-state index in [9.17, 15) is 0 Å². The third kappa shape index (κ3) is 3.36. The third-order valence-electron chi connectivity index (χ3n) is 3.18. The molecule has 1 unspecified atom stereocenters. The van der Waals surface area contributed by atoms with Crippen LogP contribution in [0.25, 0.3) is 0 Å². The van der Waals surface area contributed by atoms with E-state index in [0.29, 0.717) is 9.74 Å². The summed E-state index contributed by atoms with van der Waals surface area (Å²) in [7, 11) is 0. The van der Waals surface area contributed by atoms with Crippen LogP contribution in [0.2, 0.25) is 0 Å². The number of aryl methyl sites for hydroxylation is 1. The van der Waals surface area contributed by atoms with Crippen LogP contribution in [0.5, 0.6) is 0 Å². The van der Waals surface area contributed by atoms with Crippen LogP contribution in [-0.2, 0) is 0 Å². The summed E-state index contributed by atoms with van der Waals surface area (Å²) in [5, 5.41) is 3.42. The van der Waals surface area contributed by atoms with E-state index in [2.05, 4.69) is 17.2 Å². The third-order valence-corrected chi connectivity index (χ3v) is 4.96. The SMILES string of the molecule is Cc1cc(C(N)=S)cc(NCC2(C)CCCS2)n1. The minimum Gasteiger partial charge on any atom is -0.389 e. The Hall–Kier alpha value is -0.810. The van der Waals surface area contributed by atoms with Gasteiger partial charge >= 0.3 is 0 Å². The topological polar surface area (TPSA) is 50.9 Å². The first-order valence-electron chi connectivity index (χ1n) is 6.15. The number of anilines is 1. The highest BCUT2D eigenvalue weighted by molar-refractivity contribution is 8.00. The number of nitrogens with two attached hydrogens (primary N) is 1. The van der Waals surface area contributed by atoms with E-state index in [4.69, 9.17) is 18.0 Å². The molecule has 1 aromatic heterocycles. The van der Waals surface area contributed by atoms with Gasteiger partial charge < -0.3 is 11.1 Å². The lowest BCUT2D eigenvalue weighted by Crippen LogP contribution is -2.27. The molecule has 18 heavy (non-hydrogen) atoms. The molecule has 3 N–H and O–H groups in total. The van der Waals surface area contributed by atoms with Crippen molar-refractivity contribution in [3.63, 3.8) is 0 Å². The van der Waals surface area contributed by atoms with E-state index >= 15 is 0 Å². The molecule has 0 radical (unpaired) electrons. The van der Waals surface area contributed by atoms with Gasteiger partial charge in [-0.2, -0.15) is 11.8 Å². The number of nitrogens with zero attached hydrogens (tertiary/aromatic N) is 1. The van der Waals surface area contributed by atoms with Crippen LogP contribution in [-0.4, -0.2) is 27.0 Å². The number of pyridine rings is 1. The molecule has 5 heteroatoms. The second-order valence-corrected chi connectivity index (χ2v) is 7.12. The van der Waals surface area contributed by atoms with Crippen molar-refractivity contribution in [2.75, 3.05) is 17.6 Å². The Bertz CT molecular complexity index is 454. The van der Waals surface area contributed by atoms with Crippen LogP contribution in [0.1, 0.15) is 31.0 Å². The van der Waals surface area contributed by atoms with Gasteiger partial charge in [0.25, 0.3) is 0 Å². The highest BCUT2D eigenvalue weighted by Crippen LogP contribution is 2.37. The van der Waals surface area contributed by atoms with Gasteiger partial charge in [0, 0.05) is 22.5 Å². The molecule has 0 spiro atoms. The molecular weight excluding hydrogens is 262 g/mol. The van der Waals surface area contributed by atoms with Gasteiger partial charge in [-0.15, -0.1) is 0 Å². The monoisotopic (exact) mass is 281 g/mol. The molecule has 98 valence electrons. The fourth-order valence-electron chi connectivity index (χ4n) is 2.16. The summed E-state index contributed by atoms with van der Waals surface area (Å²) in [6.45, 7) is 5.20. The zero-order valence-electron chi connectivity index (χ0n) is 10.8. The summed E-state index contributed by atoms with van der Waals surface area (Å²) >= 11 is 7.05. The van der Waals surface area contributed by atoms with Crippen LogP contribution in [0.15, 0.2) is 12.1 Å². The van der Waals surface area contributed by atoms with E-state index in [1.807, 2.05) is 30.8 Å². The maximum atomic E-state index is 5.67. The molecule has 1 saturated heterocycles. The number of rotatable bonds is 4. The molecule has 2 rings (SSSR count). The van der Waals surface area contributed by atoms with Crippen LogP contribution >= 0.6 is 24.0 Å². The molecule has 0 aliphatic carbocycles. The van der Waals surface area contributed by atoms with Crippen LogP contribution in [0.3, 0.4) is 0 Å². The van der Waals surface area contributed by atoms with Gasteiger partial charge in [-0.25, -0.2) is 4.98 Å². The number of thioether (sulfide) groups is 1. The molecule has 1 aliphatic rings. The number of thiocarbonyl (C=S) groups is 1. The summed E-state index contributed by atoms with van der Waals surface area (Å²) in [5.74, 6) is 2.13. The van der Waals surface area contributed by atoms with Crippen molar-refractivity contribution in [1.29, 1.82) is 0 Å². The average molecular weight is 281 g/mol. The lowest BCUT2D eigenvalue weighted by atomic mass is 10.1. The predicted octanol–water partition coefficient (Wildman–Crippen LogP) is 2.72. The fraction of sp³-hybridized carbons (Fsp3) is 0.538. The second-order valence-electron chi connectivity index (χ2n) is 5.00. The van der Waals surface area contributed by atoms with E-state index in [0.717, 1.165) is 23.6 Å². The van der Waals surface area contributed by atoms with Crippen molar-refractivity contribution in [3.8, 4) is 0 Å². The standard InChI is InChI=1S/C13H19N3S2/c1-9-6-10(12(14)17)7-11(16-9)15-8-13(2)4-3-5-18-13/h6-7H,3-5,8H2,1-2H3,(H2,14,17)(H,15,16). The first-order chi connectivity index (χ1) is 8.48. The highest BCUT2D eigenvalue weighted by Gasteiger charge is 2.29. The van der Waals surface area contributed by atoms with Crippen molar-refractivity contribution in [2.45, 2.75) is 31.4 Å². The Morgan fingerprint density at radius 1 is 1.61 bits per heavy atom. The largest absolute Gasteiger partial charge is 0.389 e. The zero-order valence-corrected chi connectivity index (χ0v) is 12.5. The molecular formula is C13H19N3S2. The van der Waals surface area contributed by atoms with Gasteiger partial charge in [0.05, 0.1) is 0 Å². The first kappa shape index (κ1) is 13.6. The Labute approximate surface area is 118 Å². The smallest absolute Gasteiger partial charge is 0.126 e. The quantitative estimate of drug-likeness (QED) is 0.831. The molecule has 0 amide bonds. The molecule has 0 saturated carbocycles. The van der Waals surface area contributed by atoms with Gasteiger partial charge in [-0.05, 0) is 44.6 Å². The maximum absolute atomic E-state index is 5.67. The van der Waals surface area contributed by atoms with Crippen molar-refractivity contribution < 1.29 is 0 Å². The summed E-state index contributed by atoms with van der Waals surface area (Å²) in [6, 6.07) is 3.85. The molecule has 1 aliphatic heterocycles. The number of hydrogen-bond donors (Lipinski definition) is 2. The van der Waals surface area contributed by atoms with Gasteiger partial charge in [-0.3, -0.25) is 0 Å². The summed E-state index contributed by atoms with van der Waals surface area (Å²) in [4.78, 5) is 4.89. The minimum atomic E-state index is 0.328. The minimum absolute atomic E-state index is 0.328. The molecule has 1 aromatic rings. The van der Waals surface area contributed by atoms with Crippen molar-refractivity contribution in [1.82, 2.24) is 4.98 Å². The number of nitrogens with one attached hydrogen (secondary N) is 1. The predicted molar refractivity (Wildman–Crippen MR) is 83.4 cm³/mol. The maximum Gasteiger partial charge on any atom is 0.126 e. The Balaban J connectivity index is 2.07. The number of hydrogen-bond acceptors (Lipinski definition) is 4. The summed E-state index contributed by atoms with van der Waals surface area (Å²) < 4.78 is 0.328. The van der Waals surface area contributed by atoms with E-state index in [1.54, 1.807) is 0 Å². The lowest BCUT2D eigenvalue weighted by Gasteiger charge is -2.23. The Morgan fingerprint density at radius 3 is 3.00 bits per heavy atom. The van der Waals surface area contributed by atoms with Gasteiger partial charge in [0.1, 0.15) is 10.8 Å².